The van der Waals surface area contributed by atoms with Crippen LogP contribution in [0, 0.1) is 6.92 Å². The molecule has 3 heterocycles. The standard InChI is InChI=1S/C21H26O10/c1-8-4-10(23)15-12(28-8)6-11-9(16(15)24)5-14(29-11)21(2,3)31-20-19(27)18(26)17(25)13(7-22)30-20/h4,6,13-14,17-20,22,24-27H,5,7H2,1-3H3/t13-,14-,17+,18+,19-,20+/m0/s1. The molecule has 170 valence electrons. The quantitative estimate of drug-likeness (QED) is 0.429. The summed E-state index contributed by atoms with van der Waals surface area (Å²) in [4.78, 5) is 12.3. The van der Waals surface area contributed by atoms with E-state index in [9.17, 15) is 30.3 Å². The minimum atomic E-state index is -1.57. The van der Waals surface area contributed by atoms with Crippen LogP contribution in [0.5, 0.6) is 11.5 Å². The van der Waals surface area contributed by atoms with Crippen molar-refractivity contribution in [2.45, 2.75) is 69.6 Å². The Balaban J connectivity index is 1.59. The number of hydrogen-bond donors (Lipinski definition) is 5. The molecule has 1 saturated heterocycles. The summed E-state index contributed by atoms with van der Waals surface area (Å²) in [6, 6.07) is 2.84. The van der Waals surface area contributed by atoms with Crippen molar-refractivity contribution < 1.29 is 44.2 Å². The van der Waals surface area contributed by atoms with Gasteiger partial charge < -0.3 is 44.2 Å². The van der Waals surface area contributed by atoms with E-state index in [0.29, 0.717) is 17.1 Å². The molecule has 0 bridgehead atoms. The second-order valence-electron chi connectivity index (χ2n) is 8.53. The Hall–Kier alpha value is -2.21. The number of aliphatic hydroxyl groups excluding tert-OH is 4. The van der Waals surface area contributed by atoms with Gasteiger partial charge in [0, 0.05) is 24.1 Å². The molecule has 10 heteroatoms. The van der Waals surface area contributed by atoms with Crippen molar-refractivity contribution >= 4 is 11.0 Å². The van der Waals surface area contributed by atoms with Gasteiger partial charge in [0.2, 0.25) is 0 Å². The molecule has 0 radical (unpaired) electrons. The molecular formula is C21H26O10. The first kappa shape index (κ1) is 22.0. The van der Waals surface area contributed by atoms with Crippen LogP contribution in [0.2, 0.25) is 0 Å². The number of benzene rings is 1. The van der Waals surface area contributed by atoms with Crippen molar-refractivity contribution in [2.75, 3.05) is 6.61 Å². The fraction of sp³-hybridized carbons (Fsp3) is 0.571. The first-order valence-electron chi connectivity index (χ1n) is 9.97. The molecule has 0 amide bonds. The second-order valence-corrected chi connectivity index (χ2v) is 8.53. The third-order valence-electron chi connectivity index (χ3n) is 5.88. The molecule has 0 saturated carbocycles. The van der Waals surface area contributed by atoms with Gasteiger partial charge in [-0.25, -0.2) is 0 Å². The molecule has 4 rings (SSSR count). The molecule has 1 fully saturated rings. The topological polar surface area (TPSA) is 159 Å². The van der Waals surface area contributed by atoms with Crippen LogP contribution in [0.3, 0.4) is 0 Å². The number of phenolic OH excluding ortho intramolecular Hbond substituents is 1. The summed E-state index contributed by atoms with van der Waals surface area (Å²) in [7, 11) is 0. The van der Waals surface area contributed by atoms with E-state index in [2.05, 4.69) is 0 Å². The van der Waals surface area contributed by atoms with E-state index in [-0.39, 0.29) is 28.6 Å². The summed E-state index contributed by atoms with van der Waals surface area (Å²) >= 11 is 0. The highest BCUT2D eigenvalue weighted by molar-refractivity contribution is 5.87. The Kier molecular flexibility index (Phi) is 5.49. The van der Waals surface area contributed by atoms with Crippen molar-refractivity contribution in [1.29, 1.82) is 0 Å². The van der Waals surface area contributed by atoms with Gasteiger partial charge in [-0.3, -0.25) is 4.79 Å². The van der Waals surface area contributed by atoms with Gasteiger partial charge in [0.25, 0.3) is 0 Å². The number of aliphatic hydroxyl groups is 4. The molecule has 1 aromatic heterocycles. The fourth-order valence-corrected chi connectivity index (χ4v) is 4.05. The molecule has 2 aliphatic rings. The predicted molar refractivity (Wildman–Crippen MR) is 106 cm³/mol. The Bertz CT molecular complexity index is 1040. The minimum Gasteiger partial charge on any atom is -0.507 e. The van der Waals surface area contributed by atoms with Crippen molar-refractivity contribution in [1.82, 2.24) is 0 Å². The molecular weight excluding hydrogens is 412 g/mol. The Morgan fingerprint density at radius 2 is 1.87 bits per heavy atom. The van der Waals surface area contributed by atoms with Crippen molar-refractivity contribution in [3.8, 4) is 11.5 Å². The highest BCUT2D eigenvalue weighted by Crippen LogP contribution is 2.43. The van der Waals surface area contributed by atoms with Crippen molar-refractivity contribution in [3.63, 3.8) is 0 Å². The van der Waals surface area contributed by atoms with Crippen molar-refractivity contribution in [2.24, 2.45) is 0 Å². The zero-order valence-corrected chi connectivity index (χ0v) is 17.3. The molecule has 0 unspecified atom stereocenters. The maximum Gasteiger partial charge on any atom is 0.196 e. The van der Waals surface area contributed by atoms with Gasteiger partial charge in [-0.2, -0.15) is 0 Å². The van der Waals surface area contributed by atoms with E-state index in [4.69, 9.17) is 18.6 Å². The lowest BCUT2D eigenvalue weighted by Gasteiger charge is -2.43. The average molecular weight is 438 g/mol. The molecule has 1 aromatic carbocycles. The zero-order chi connectivity index (χ0) is 22.7. The van der Waals surface area contributed by atoms with E-state index in [0.717, 1.165) is 0 Å². The highest BCUT2D eigenvalue weighted by Gasteiger charge is 2.48. The minimum absolute atomic E-state index is 0.0706. The van der Waals surface area contributed by atoms with E-state index in [1.165, 1.54) is 6.07 Å². The van der Waals surface area contributed by atoms with Crippen LogP contribution in [0.25, 0.3) is 11.0 Å². The van der Waals surface area contributed by atoms with Crippen LogP contribution in [-0.2, 0) is 15.9 Å². The molecule has 2 aromatic rings. The van der Waals surface area contributed by atoms with Gasteiger partial charge in [-0.05, 0) is 20.8 Å². The first-order valence-corrected chi connectivity index (χ1v) is 9.97. The number of rotatable bonds is 4. The largest absolute Gasteiger partial charge is 0.507 e. The predicted octanol–water partition coefficient (Wildman–Crippen LogP) is -0.294. The van der Waals surface area contributed by atoms with Gasteiger partial charge in [-0.1, -0.05) is 0 Å². The Morgan fingerprint density at radius 3 is 2.55 bits per heavy atom. The summed E-state index contributed by atoms with van der Waals surface area (Å²) in [5, 5.41) is 50.3. The van der Waals surface area contributed by atoms with Gasteiger partial charge in [0.1, 0.15) is 64.3 Å². The normalized spacial score (nSPS) is 30.9. The number of hydrogen-bond acceptors (Lipinski definition) is 10. The lowest BCUT2D eigenvalue weighted by molar-refractivity contribution is -0.329. The summed E-state index contributed by atoms with van der Waals surface area (Å²) in [6.45, 7) is 4.41. The SMILES string of the molecule is Cc1cc(=O)c2c(O)c3c(cc2o1)O[C@H](C(C)(C)O[C@H]1O[C@@H](CO)[C@@H](O)[C@@H](O)[C@@H]1O)C3. The molecule has 6 atom stereocenters. The van der Waals surface area contributed by atoms with E-state index in [1.807, 2.05) is 0 Å². The van der Waals surface area contributed by atoms with Crippen LogP contribution in [0.15, 0.2) is 21.3 Å². The zero-order valence-electron chi connectivity index (χ0n) is 17.3. The van der Waals surface area contributed by atoms with E-state index >= 15 is 0 Å². The third-order valence-corrected chi connectivity index (χ3v) is 5.88. The molecule has 0 spiro atoms. The van der Waals surface area contributed by atoms with Gasteiger partial charge in [-0.15, -0.1) is 0 Å². The smallest absolute Gasteiger partial charge is 0.196 e. The molecule has 2 aliphatic heterocycles. The summed E-state index contributed by atoms with van der Waals surface area (Å²) in [5.74, 6) is 0.527. The number of aryl methyl sites for hydroxylation is 1. The molecule has 0 aliphatic carbocycles. The van der Waals surface area contributed by atoms with E-state index < -0.39 is 49.0 Å². The van der Waals surface area contributed by atoms with Crippen LogP contribution in [0.4, 0.5) is 0 Å². The lowest BCUT2D eigenvalue weighted by Crippen LogP contribution is -2.61. The van der Waals surface area contributed by atoms with Crippen LogP contribution >= 0.6 is 0 Å². The van der Waals surface area contributed by atoms with Crippen LogP contribution in [-0.4, -0.2) is 74.6 Å². The summed E-state index contributed by atoms with van der Waals surface area (Å²) in [5.41, 5.74) is -0.827. The Morgan fingerprint density at radius 1 is 1.16 bits per heavy atom. The maximum absolute atomic E-state index is 12.3. The van der Waals surface area contributed by atoms with E-state index in [1.54, 1.807) is 26.8 Å². The molecule has 10 nitrogen and oxygen atoms in total. The van der Waals surface area contributed by atoms with Crippen LogP contribution in [0.1, 0.15) is 25.2 Å². The van der Waals surface area contributed by atoms with Gasteiger partial charge >= 0.3 is 0 Å². The molecule has 5 N–H and O–H groups in total. The first-order chi connectivity index (χ1) is 14.5. The monoisotopic (exact) mass is 438 g/mol. The fourth-order valence-electron chi connectivity index (χ4n) is 4.05. The molecule has 31 heavy (non-hydrogen) atoms. The van der Waals surface area contributed by atoms with Crippen LogP contribution < -0.4 is 10.2 Å². The van der Waals surface area contributed by atoms with Gasteiger partial charge in [0.05, 0.1) is 6.61 Å². The second kappa shape index (κ2) is 7.73. The number of fused-ring (bicyclic) bond motifs is 2. The number of phenols is 1. The number of ether oxygens (including phenoxy) is 3. The summed E-state index contributed by atoms with van der Waals surface area (Å²) < 4.78 is 22.8. The van der Waals surface area contributed by atoms with Crippen molar-refractivity contribution in [3.05, 3.63) is 33.7 Å². The number of aromatic hydroxyl groups is 1. The Labute approximate surface area is 177 Å². The highest BCUT2D eigenvalue weighted by atomic mass is 16.7. The van der Waals surface area contributed by atoms with Gasteiger partial charge in [0.15, 0.2) is 11.7 Å². The average Bonchev–Trinajstić information content (AvgIpc) is 3.13. The lowest BCUT2D eigenvalue weighted by atomic mass is 9.94. The third kappa shape index (κ3) is 3.69. The maximum atomic E-state index is 12.3. The summed E-state index contributed by atoms with van der Waals surface area (Å²) in [6.07, 6.45) is -7.49.